The van der Waals surface area contributed by atoms with Crippen LogP contribution in [0.5, 0.6) is 0 Å². The second-order valence-corrected chi connectivity index (χ2v) is 4.11. The molecule has 1 N–H and O–H groups in total. The van der Waals surface area contributed by atoms with Gasteiger partial charge in [-0.15, -0.1) is 0 Å². The van der Waals surface area contributed by atoms with Gasteiger partial charge in [-0.3, -0.25) is 9.97 Å². The molecule has 3 nitrogen and oxygen atoms in total. The number of nitrogens with one attached hydrogen (secondary N) is 1. The van der Waals surface area contributed by atoms with Crippen LogP contribution in [0.15, 0.2) is 48.9 Å². The van der Waals surface area contributed by atoms with Crippen molar-refractivity contribution in [2.24, 2.45) is 0 Å². The molecule has 3 heteroatoms. The molecule has 0 unspecified atom stereocenters. The molecule has 17 heavy (non-hydrogen) atoms. The van der Waals surface area contributed by atoms with Gasteiger partial charge in [0, 0.05) is 27.9 Å². The van der Waals surface area contributed by atoms with E-state index in [0.29, 0.717) is 0 Å². The molecule has 0 fully saturated rings. The summed E-state index contributed by atoms with van der Waals surface area (Å²) in [6.07, 6.45) is 5.49. The number of aromatic nitrogens is 3. The molecule has 0 aliphatic carbocycles. The van der Waals surface area contributed by atoms with Crippen molar-refractivity contribution >= 4 is 32.7 Å². The average Bonchev–Trinajstić information content (AvgIpc) is 2.77. The summed E-state index contributed by atoms with van der Waals surface area (Å²) in [6.45, 7) is 0. The Morgan fingerprint density at radius 2 is 1.82 bits per heavy atom. The van der Waals surface area contributed by atoms with E-state index in [1.807, 2.05) is 24.5 Å². The van der Waals surface area contributed by atoms with Crippen LogP contribution >= 0.6 is 0 Å². The molecule has 0 bridgehead atoms. The molecule has 80 valence electrons. The van der Waals surface area contributed by atoms with Crippen molar-refractivity contribution in [1.82, 2.24) is 15.0 Å². The Balaban J connectivity index is 2.38. The SMILES string of the molecule is c1ccc2c(c1)[nH]c1cnc3cnccc3c12. The predicted octanol–water partition coefficient (Wildman–Crippen LogP) is 3.26. The minimum absolute atomic E-state index is 0.935. The van der Waals surface area contributed by atoms with Crippen molar-refractivity contribution in [2.45, 2.75) is 0 Å². The van der Waals surface area contributed by atoms with Crippen LogP contribution in [0.4, 0.5) is 0 Å². The minimum atomic E-state index is 0.935. The van der Waals surface area contributed by atoms with Gasteiger partial charge in [0.1, 0.15) is 0 Å². The number of H-pyrrole nitrogens is 1. The van der Waals surface area contributed by atoms with Crippen LogP contribution in [-0.4, -0.2) is 15.0 Å². The molecule has 1 aromatic carbocycles. The van der Waals surface area contributed by atoms with E-state index in [1.54, 1.807) is 6.20 Å². The number of nitrogens with zero attached hydrogens (tertiary/aromatic N) is 2. The summed E-state index contributed by atoms with van der Waals surface area (Å²) in [5.74, 6) is 0. The van der Waals surface area contributed by atoms with E-state index >= 15 is 0 Å². The van der Waals surface area contributed by atoms with Crippen LogP contribution in [-0.2, 0) is 0 Å². The van der Waals surface area contributed by atoms with E-state index in [4.69, 9.17) is 0 Å². The van der Waals surface area contributed by atoms with Gasteiger partial charge in [0.15, 0.2) is 0 Å². The Kier molecular flexibility index (Phi) is 1.56. The highest BCUT2D eigenvalue weighted by Gasteiger charge is 2.07. The fourth-order valence-corrected chi connectivity index (χ4v) is 2.38. The third-order valence-electron chi connectivity index (χ3n) is 3.14. The van der Waals surface area contributed by atoms with Crippen LogP contribution < -0.4 is 0 Å². The van der Waals surface area contributed by atoms with Gasteiger partial charge in [-0.1, -0.05) is 18.2 Å². The largest absolute Gasteiger partial charge is 0.353 e. The smallest absolute Gasteiger partial charge is 0.0893 e. The number of hydrogen-bond donors (Lipinski definition) is 1. The first-order valence-electron chi connectivity index (χ1n) is 5.52. The molecule has 0 aliphatic rings. The van der Waals surface area contributed by atoms with Crippen molar-refractivity contribution in [3.05, 3.63) is 48.9 Å². The van der Waals surface area contributed by atoms with Crippen molar-refractivity contribution in [1.29, 1.82) is 0 Å². The summed E-state index contributed by atoms with van der Waals surface area (Å²) < 4.78 is 0. The zero-order valence-electron chi connectivity index (χ0n) is 9.01. The van der Waals surface area contributed by atoms with E-state index in [1.165, 1.54) is 10.8 Å². The predicted molar refractivity (Wildman–Crippen MR) is 68.9 cm³/mol. The Morgan fingerprint density at radius 1 is 0.882 bits per heavy atom. The Morgan fingerprint density at radius 3 is 2.82 bits per heavy atom. The summed E-state index contributed by atoms with van der Waals surface area (Å²) in [5, 5.41) is 3.61. The van der Waals surface area contributed by atoms with E-state index in [-0.39, 0.29) is 0 Å². The van der Waals surface area contributed by atoms with Crippen LogP contribution in [0, 0.1) is 0 Å². The van der Waals surface area contributed by atoms with Crippen molar-refractivity contribution in [2.75, 3.05) is 0 Å². The standard InChI is InChI=1S/C14H9N3/c1-2-4-11-9(3-1)14-10-5-6-15-7-12(10)16-8-13(14)17-11/h1-8,17H. The Labute approximate surface area is 97.1 Å². The molecule has 3 aromatic heterocycles. The van der Waals surface area contributed by atoms with Crippen molar-refractivity contribution in [3.63, 3.8) is 0 Å². The molecule has 0 radical (unpaired) electrons. The van der Waals surface area contributed by atoms with Crippen LogP contribution in [0.25, 0.3) is 32.7 Å². The molecule has 4 aromatic rings. The summed E-state index contributed by atoms with van der Waals surface area (Å²) in [4.78, 5) is 11.9. The fourth-order valence-electron chi connectivity index (χ4n) is 2.38. The summed E-state index contributed by atoms with van der Waals surface area (Å²) in [7, 11) is 0. The maximum Gasteiger partial charge on any atom is 0.0893 e. The molecule has 0 amide bonds. The number of rotatable bonds is 0. The normalized spacial score (nSPS) is 11.5. The highest BCUT2D eigenvalue weighted by Crippen LogP contribution is 2.30. The summed E-state index contributed by atoms with van der Waals surface area (Å²) >= 11 is 0. The molecule has 4 rings (SSSR count). The van der Waals surface area contributed by atoms with Gasteiger partial charge in [-0.2, -0.15) is 0 Å². The van der Waals surface area contributed by atoms with Crippen LogP contribution in [0.2, 0.25) is 0 Å². The molecule has 0 spiro atoms. The molecular formula is C14H9N3. The van der Waals surface area contributed by atoms with Crippen LogP contribution in [0.1, 0.15) is 0 Å². The topological polar surface area (TPSA) is 41.6 Å². The quantitative estimate of drug-likeness (QED) is 0.493. The van der Waals surface area contributed by atoms with Gasteiger partial charge < -0.3 is 4.98 Å². The fraction of sp³-hybridized carbons (Fsp3) is 0. The van der Waals surface area contributed by atoms with E-state index in [2.05, 4.69) is 33.2 Å². The molecule has 0 aliphatic heterocycles. The lowest BCUT2D eigenvalue weighted by molar-refractivity contribution is 1.32. The third-order valence-corrected chi connectivity index (χ3v) is 3.14. The monoisotopic (exact) mass is 219 g/mol. The van der Waals surface area contributed by atoms with Crippen LogP contribution in [0.3, 0.4) is 0 Å². The third kappa shape index (κ3) is 1.11. The molecular weight excluding hydrogens is 210 g/mol. The van der Waals surface area contributed by atoms with Gasteiger partial charge in [-0.05, 0) is 12.1 Å². The minimum Gasteiger partial charge on any atom is -0.353 e. The highest BCUT2D eigenvalue weighted by atomic mass is 14.8. The van der Waals surface area contributed by atoms with Crippen molar-refractivity contribution in [3.8, 4) is 0 Å². The lowest BCUT2D eigenvalue weighted by Gasteiger charge is -1.98. The first-order valence-corrected chi connectivity index (χ1v) is 5.52. The Bertz CT molecular complexity index is 840. The summed E-state index contributed by atoms with van der Waals surface area (Å²) in [5.41, 5.74) is 3.16. The molecule has 3 heterocycles. The number of pyridine rings is 2. The number of aromatic amines is 1. The summed E-state index contributed by atoms with van der Waals surface area (Å²) in [6, 6.07) is 10.3. The van der Waals surface area contributed by atoms with Crippen molar-refractivity contribution < 1.29 is 0 Å². The van der Waals surface area contributed by atoms with Gasteiger partial charge >= 0.3 is 0 Å². The first kappa shape index (κ1) is 8.70. The zero-order chi connectivity index (χ0) is 11.2. The van der Waals surface area contributed by atoms with Gasteiger partial charge in [0.05, 0.1) is 23.4 Å². The average molecular weight is 219 g/mol. The second kappa shape index (κ2) is 3.04. The number of hydrogen-bond acceptors (Lipinski definition) is 2. The van der Waals surface area contributed by atoms with E-state index < -0.39 is 0 Å². The molecule has 0 saturated carbocycles. The van der Waals surface area contributed by atoms with E-state index in [9.17, 15) is 0 Å². The Hall–Kier alpha value is -2.42. The van der Waals surface area contributed by atoms with Gasteiger partial charge in [-0.25, -0.2) is 0 Å². The molecule has 0 atom stereocenters. The first-order chi connectivity index (χ1) is 8.43. The lowest BCUT2D eigenvalue weighted by atomic mass is 10.1. The highest BCUT2D eigenvalue weighted by molar-refractivity contribution is 6.18. The lowest BCUT2D eigenvalue weighted by Crippen LogP contribution is -1.81. The maximum absolute atomic E-state index is 4.41. The zero-order valence-corrected chi connectivity index (χ0v) is 9.01. The second-order valence-electron chi connectivity index (χ2n) is 4.11. The number of fused-ring (bicyclic) bond motifs is 5. The number of benzene rings is 1. The van der Waals surface area contributed by atoms with E-state index in [0.717, 1.165) is 21.9 Å². The number of para-hydroxylation sites is 1. The van der Waals surface area contributed by atoms with Gasteiger partial charge in [0.2, 0.25) is 0 Å². The molecule has 0 saturated heterocycles. The van der Waals surface area contributed by atoms with Gasteiger partial charge in [0.25, 0.3) is 0 Å². The maximum atomic E-state index is 4.41.